The van der Waals surface area contributed by atoms with Crippen molar-refractivity contribution in [3.63, 3.8) is 0 Å². The van der Waals surface area contributed by atoms with Gasteiger partial charge in [-0.2, -0.15) is 0 Å². The molecule has 0 aromatic carbocycles. The lowest BCUT2D eigenvalue weighted by Crippen LogP contribution is -2.44. The summed E-state index contributed by atoms with van der Waals surface area (Å²) in [5.74, 6) is 1.34. The Morgan fingerprint density at radius 3 is 1.14 bits per heavy atom. The first-order valence-electron chi connectivity index (χ1n) is 11.7. The van der Waals surface area contributed by atoms with E-state index >= 15 is 0 Å². The van der Waals surface area contributed by atoms with Crippen LogP contribution in [0.4, 0.5) is 31.8 Å². The van der Waals surface area contributed by atoms with Gasteiger partial charge in [-0.25, -0.2) is 29.3 Å². The van der Waals surface area contributed by atoms with Gasteiger partial charge in [-0.1, -0.05) is 18.2 Å². The highest BCUT2D eigenvalue weighted by Crippen LogP contribution is 2.00. The average Bonchev–Trinajstić information content (AvgIpc) is 2.90. The van der Waals surface area contributed by atoms with Gasteiger partial charge >= 0.3 is 18.1 Å². The van der Waals surface area contributed by atoms with Crippen molar-refractivity contribution in [1.29, 1.82) is 0 Å². The quantitative estimate of drug-likeness (QED) is 0.218. The summed E-state index contributed by atoms with van der Waals surface area (Å²) in [7, 11) is 0. The van der Waals surface area contributed by atoms with Crippen LogP contribution in [0.25, 0.3) is 0 Å². The summed E-state index contributed by atoms with van der Waals surface area (Å²) >= 11 is 0. The normalized spacial score (nSPS) is 10.3. The van der Waals surface area contributed by atoms with Gasteiger partial charge in [-0.05, 0) is 36.4 Å². The first-order valence-corrected chi connectivity index (χ1v) is 11.7. The highest BCUT2D eigenvalue weighted by Gasteiger charge is 2.10. The summed E-state index contributed by atoms with van der Waals surface area (Å²) in [6, 6.07) is 14.6. The molecular weight excluding hydrogens is 476 g/mol. The molecule has 3 rings (SSSR count). The second kappa shape index (κ2) is 15.3. The minimum Gasteiger partial charge on any atom is -0.337 e. The van der Waals surface area contributed by atoms with Crippen LogP contribution in [0.5, 0.6) is 0 Å². The van der Waals surface area contributed by atoms with E-state index in [1.165, 1.54) is 0 Å². The fourth-order valence-electron chi connectivity index (χ4n) is 3.11. The SMILES string of the molecule is O=C(NCCN(CCNC(=O)Nc1ccccn1)CCNC(=O)Nc1ccccn1)Nc1ccccn1. The van der Waals surface area contributed by atoms with Crippen molar-refractivity contribution in [2.75, 3.05) is 55.2 Å². The number of urea groups is 3. The number of carbonyl (C=O) groups is 3. The van der Waals surface area contributed by atoms with E-state index in [1.54, 1.807) is 73.2 Å². The Bertz CT molecular complexity index is 962. The molecule has 194 valence electrons. The molecule has 0 bridgehead atoms. The van der Waals surface area contributed by atoms with Gasteiger partial charge in [0.1, 0.15) is 17.5 Å². The lowest BCUT2D eigenvalue weighted by molar-refractivity contribution is 0.238. The van der Waals surface area contributed by atoms with Crippen LogP contribution in [0.2, 0.25) is 0 Å². The molecule has 6 N–H and O–H groups in total. The Morgan fingerprint density at radius 2 is 0.865 bits per heavy atom. The summed E-state index contributed by atoms with van der Waals surface area (Å²) < 4.78 is 0. The zero-order valence-corrected chi connectivity index (χ0v) is 20.2. The van der Waals surface area contributed by atoms with Crippen LogP contribution in [-0.4, -0.2) is 77.2 Å². The summed E-state index contributed by atoms with van der Waals surface area (Å²) in [5, 5.41) is 16.3. The predicted molar refractivity (Wildman–Crippen MR) is 140 cm³/mol. The molecule has 0 aliphatic rings. The van der Waals surface area contributed by atoms with Crippen LogP contribution in [0, 0.1) is 0 Å². The Kier molecular flexibility index (Phi) is 11.1. The molecule has 0 spiro atoms. The number of nitrogens with zero attached hydrogens (tertiary/aromatic N) is 4. The Hall–Kier alpha value is -4.78. The summed E-state index contributed by atoms with van der Waals surface area (Å²) in [4.78, 5) is 50.5. The number of nitrogens with one attached hydrogen (secondary N) is 6. The minimum atomic E-state index is -0.376. The van der Waals surface area contributed by atoms with E-state index in [9.17, 15) is 14.4 Å². The zero-order chi connectivity index (χ0) is 26.1. The smallest absolute Gasteiger partial charge is 0.320 e. The van der Waals surface area contributed by atoms with Crippen LogP contribution < -0.4 is 31.9 Å². The van der Waals surface area contributed by atoms with Crippen molar-refractivity contribution >= 4 is 35.5 Å². The molecule has 0 unspecified atom stereocenters. The van der Waals surface area contributed by atoms with Crippen LogP contribution >= 0.6 is 0 Å². The molecule has 0 radical (unpaired) electrons. The number of amides is 6. The molecule has 0 aliphatic heterocycles. The molecule has 3 aromatic rings. The number of aromatic nitrogens is 3. The van der Waals surface area contributed by atoms with E-state index in [-0.39, 0.29) is 18.1 Å². The Labute approximate surface area is 214 Å². The highest BCUT2D eigenvalue weighted by atomic mass is 16.2. The third kappa shape index (κ3) is 11.0. The molecular formula is C24H30N10O3. The van der Waals surface area contributed by atoms with Crippen molar-refractivity contribution in [3.8, 4) is 0 Å². The molecule has 13 nitrogen and oxygen atoms in total. The maximum Gasteiger partial charge on any atom is 0.320 e. The second-order valence-corrected chi connectivity index (χ2v) is 7.63. The van der Waals surface area contributed by atoms with Crippen molar-refractivity contribution in [2.45, 2.75) is 0 Å². The highest BCUT2D eigenvalue weighted by molar-refractivity contribution is 5.89. The van der Waals surface area contributed by atoms with E-state index < -0.39 is 0 Å². The van der Waals surface area contributed by atoms with Gasteiger partial charge in [0.15, 0.2) is 0 Å². The van der Waals surface area contributed by atoms with Gasteiger partial charge in [0.05, 0.1) is 0 Å². The van der Waals surface area contributed by atoms with Gasteiger partial charge < -0.3 is 16.0 Å². The molecule has 0 atom stereocenters. The van der Waals surface area contributed by atoms with Gasteiger partial charge in [0.2, 0.25) is 0 Å². The van der Waals surface area contributed by atoms with Crippen LogP contribution in [0.3, 0.4) is 0 Å². The Morgan fingerprint density at radius 1 is 0.541 bits per heavy atom. The first-order chi connectivity index (χ1) is 18.1. The lowest BCUT2D eigenvalue weighted by Gasteiger charge is -2.23. The third-order valence-corrected chi connectivity index (χ3v) is 4.86. The van der Waals surface area contributed by atoms with E-state index in [0.717, 1.165) is 0 Å². The van der Waals surface area contributed by atoms with Crippen molar-refractivity contribution in [2.24, 2.45) is 0 Å². The van der Waals surface area contributed by atoms with Gasteiger partial charge in [0.25, 0.3) is 0 Å². The first kappa shape index (κ1) is 26.8. The van der Waals surface area contributed by atoms with Crippen molar-refractivity contribution in [1.82, 2.24) is 35.8 Å². The standard InChI is InChI=1S/C24H30N10O3/c35-22(31-19-7-1-4-10-25-19)28-13-16-34(17-14-29-23(36)32-20-8-2-5-11-26-20)18-15-30-24(37)33-21-9-3-6-12-27-21/h1-12H,13-18H2,(H2,25,28,31,35)(H2,26,29,32,36)(H2,27,30,33,37). The van der Waals surface area contributed by atoms with Crippen LogP contribution in [0.15, 0.2) is 73.2 Å². The van der Waals surface area contributed by atoms with Gasteiger partial charge in [-0.15, -0.1) is 0 Å². The largest absolute Gasteiger partial charge is 0.337 e. The number of rotatable bonds is 12. The summed E-state index contributed by atoms with van der Waals surface area (Å²) in [6.45, 7) is 2.50. The second-order valence-electron chi connectivity index (χ2n) is 7.63. The monoisotopic (exact) mass is 506 g/mol. The van der Waals surface area contributed by atoms with E-state index in [0.29, 0.717) is 56.7 Å². The maximum absolute atomic E-state index is 12.1. The molecule has 13 heteroatoms. The predicted octanol–water partition coefficient (Wildman–Crippen LogP) is 1.94. The summed E-state index contributed by atoms with van der Waals surface area (Å²) in [6.07, 6.45) is 4.77. The molecule has 6 amide bonds. The number of hydrogen-bond acceptors (Lipinski definition) is 7. The molecule has 37 heavy (non-hydrogen) atoms. The minimum absolute atomic E-state index is 0.346. The number of carbonyl (C=O) groups excluding carboxylic acids is 3. The van der Waals surface area contributed by atoms with Crippen LogP contribution in [-0.2, 0) is 0 Å². The van der Waals surface area contributed by atoms with E-state index in [1.807, 2.05) is 4.90 Å². The van der Waals surface area contributed by atoms with Crippen molar-refractivity contribution in [3.05, 3.63) is 73.2 Å². The molecule has 0 saturated carbocycles. The molecule has 3 heterocycles. The van der Waals surface area contributed by atoms with E-state index in [2.05, 4.69) is 46.9 Å². The van der Waals surface area contributed by atoms with Gasteiger partial charge in [0, 0.05) is 57.9 Å². The number of anilines is 3. The number of pyridine rings is 3. The van der Waals surface area contributed by atoms with Crippen molar-refractivity contribution < 1.29 is 14.4 Å². The number of hydrogen-bond donors (Lipinski definition) is 6. The van der Waals surface area contributed by atoms with E-state index in [4.69, 9.17) is 0 Å². The molecule has 0 fully saturated rings. The van der Waals surface area contributed by atoms with Gasteiger partial charge in [-0.3, -0.25) is 20.9 Å². The zero-order valence-electron chi connectivity index (χ0n) is 20.2. The topological polar surface area (TPSA) is 165 Å². The molecule has 0 aliphatic carbocycles. The maximum atomic E-state index is 12.1. The third-order valence-electron chi connectivity index (χ3n) is 4.86. The fourth-order valence-corrected chi connectivity index (χ4v) is 3.11. The lowest BCUT2D eigenvalue weighted by atomic mass is 10.4. The molecule has 3 aromatic heterocycles. The van der Waals surface area contributed by atoms with Crippen LogP contribution in [0.1, 0.15) is 0 Å². The Balaban J connectivity index is 1.42. The average molecular weight is 507 g/mol. The fraction of sp³-hybridized carbons (Fsp3) is 0.250. The summed E-state index contributed by atoms with van der Waals surface area (Å²) in [5.41, 5.74) is 0. The molecule has 0 saturated heterocycles.